The summed E-state index contributed by atoms with van der Waals surface area (Å²) in [6.45, 7) is 10.4. The molecular weight excluding hydrogens is 290 g/mol. The van der Waals surface area contributed by atoms with Gasteiger partial charge in [-0.2, -0.15) is 0 Å². The number of carbonyl (C=O) groups excluding carboxylic acids is 1. The van der Waals surface area contributed by atoms with E-state index in [9.17, 15) is 4.79 Å². The van der Waals surface area contributed by atoms with Crippen molar-refractivity contribution in [1.82, 2.24) is 0 Å². The maximum absolute atomic E-state index is 12.7. The number of hydrogen-bond donors (Lipinski definition) is 0. The van der Waals surface area contributed by atoms with Gasteiger partial charge in [0.15, 0.2) is 0 Å². The molecule has 0 saturated heterocycles. The van der Waals surface area contributed by atoms with Crippen molar-refractivity contribution in [2.75, 3.05) is 11.6 Å². The second-order valence-electron chi connectivity index (χ2n) is 6.17. The van der Waals surface area contributed by atoms with Crippen molar-refractivity contribution in [3.8, 4) is 0 Å². The first-order valence-electron chi connectivity index (χ1n) is 6.85. The molecule has 0 aliphatic carbocycles. The van der Waals surface area contributed by atoms with E-state index in [0.717, 1.165) is 5.69 Å². The van der Waals surface area contributed by atoms with E-state index < -0.39 is 13.1 Å². The predicted molar refractivity (Wildman–Crippen MR) is 88.0 cm³/mol. The van der Waals surface area contributed by atoms with Crippen LogP contribution >= 0.6 is 11.6 Å². The molecule has 0 aliphatic rings. The fourth-order valence-corrected chi connectivity index (χ4v) is 2.62. The molecule has 0 fully saturated rings. The molecule has 0 heterocycles. The van der Waals surface area contributed by atoms with Crippen molar-refractivity contribution in [1.29, 1.82) is 0 Å². The van der Waals surface area contributed by atoms with Gasteiger partial charge >= 0.3 is 0 Å². The number of anilines is 1. The third-order valence-electron chi connectivity index (χ3n) is 2.85. The first-order chi connectivity index (χ1) is 9.23. The van der Waals surface area contributed by atoms with Crippen LogP contribution < -0.4 is 4.90 Å². The minimum Gasteiger partial charge on any atom is -0.358 e. The van der Waals surface area contributed by atoms with Gasteiger partial charge in [-0.1, -0.05) is 37.8 Å². The Kier molecular flexibility index (Phi) is 6.24. The first-order valence-corrected chi connectivity index (χ1v) is 10.9. The van der Waals surface area contributed by atoms with Crippen LogP contribution in [-0.4, -0.2) is 31.8 Å². The summed E-state index contributed by atoms with van der Waals surface area (Å²) in [5.74, 6) is -0.0716. The molecule has 0 N–H and O–H groups in total. The van der Waals surface area contributed by atoms with E-state index in [2.05, 4.69) is 19.6 Å². The fourth-order valence-electron chi connectivity index (χ4n) is 1.60. The Morgan fingerprint density at radius 1 is 1.25 bits per heavy atom. The largest absolute Gasteiger partial charge is 0.358 e. The highest BCUT2D eigenvalue weighted by Gasteiger charge is 2.34. The van der Waals surface area contributed by atoms with Crippen molar-refractivity contribution in [2.45, 2.75) is 44.6 Å². The zero-order valence-corrected chi connectivity index (χ0v) is 14.6. The van der Waals surface area contributed by atoms with Crippen LogP contribution in [0.5, 0.6) is 0 Å². The molecule has 3 nitrogen and oxygen atoms in total. The molecule has 0 bridgehead atoms. The highest BCUT2D eigenvalue weighted by atomic mass is 35.5. The van der Waals surface area contributed by atoms with Crippen molar-refractivity contribution >= 4 is 31.3 Å². The van der Waals surface area contributed by atoms with E-state index >= 15 is 0 Å². The Morgan fingerprint density at radius 2 is 1.80 bits per heavy atom. The summed E-state index contributed by atoms with van der Waals surface area (Å²) in [7, 11) is -1.76. The van der Waals surface area contributed by atoms with E-state index in [1.54, 1.807) is 4.90 Å². The van der Waals surface area contributed by atoms with Crippen LogP contribution in [0.4, 0.5) is 5.69 Å². The Morgan fingerprint density at radius 3 is 2.25 bits per heavy atom. The van der Waals surface area contributed by atoms with Gasteiger partial charge < -0.3 is 4.74 Å². The minimum atomic E-state index is -1.76. The molecule has 0 saturated carbocycles. The predicted octanol–water partition coefficient (Wildman–Crippen LogP) is 3.89. The fraction of sp³-hybridized carbons (Fsp3) is 0.533. The van der Waals surface area contributed by atoms with Crippen LogP contribution in [0.25, 0.3) is 0 Å². The Labute approximate surface area is 127 Å². The summed E-state index contributed by atoms with van der Waals surface area (Å²) in [6.07, 6.45) is 0.0645. The standard InChI is InChI=1S/C15H24ClNO2Si/c1-12(2)19-11-17(13-9-7-6-8-10-13)15(18)14(16)20(3,4)5/h6-10,12,14H,11H2,1-5H3. The van der Waals surface area contributed by atoms with E-state index in [1.807, 2.05) is 44.2 Å². The number of alkyl halides is 1. The molecule has 0 radical (unpaired) electrons. The van der Waals surface area contributed by atoms with Crippen LogP contribution in [0.15, 0.2) is 30.3 Å². The number of hydrogen-bond acceptors (Lipinski definition) is 2. The SMILES string of the molecule is CC(C)OCN(C(=O)C(Cl)[Si](C)(C)C)c1ccccc1. The van der Waals surface area contributed by atoms with Crippen LogP contribution in [0.3, 0.4) is 0 Å². The molecule has 1 aromatic rings. The van der Waals surface area contributed by atoms with Gasteiger partial charge in [0.2, 0.25) is 5.91 Å². The van der Waals surface area contributed by atoms with Gasteiger partial charge in [0.05, 0.1) is 14.2 Å². The van der Waals surface area contributed by atoms with Gasteiger partial charge in [0, 0.05) is 5.69 Å². The zero-order chi connectivity index (χ0) is 15.3. The van der Waals surface area contributed by atoms with Gasteiger partial charge in [-0.15, -0.1) is 11.6 Å². The van der Waals surface area contributed by atoms with Gasteiger partial charge in [-0.3, -0.25) is 9.69 Å². The minimum absolute atomic E-state index is 0.0645. The monoisotopic (exact) mass is 313 g/mol. The summed E-state index contributed by atoms with van der Waals surface area (Å²) < 4.78 is 5.60. The summed E-state index contributed by atoms with van der Waals surface area (Å²) >= 11 is 6.38. The Balaban J connectivity index is 2.96. The van der Waals surface area contributed by atoms with E-state index in [-0.39, 0.29) is 18.7 Å². The lowest BCUT2D eigenvalue weighted by Crippen LogP contribution is -2.49. The summed E-state index contributed by atoms with van der Waals surface area (Å²) in [5, 5.41) is -0.460. The molecule has 0 aromatic heterocycles. The zero-order valence-electron chi connectivity index (χ0n) is 12.9. The summed E-state index contributed by atoms with van der Waals surface area (Å²) in [4.78, 5) is 14.3. The third-order valence-corrected chi connectivity index (χ3v) is 6.77. The third kappa shape index (κ3) is 4.92. The lowest BCUT2D eigenvalue weighted by atomic mass is 10.3. The molecule has 1 aromatic carbocycles. The topological polar surface area (TPSA) is 29.5 Å². The van der Waals surface area contributed by atoms with Crippen LogP contribution in [0, 0.1) is 0 Å². The molecule has 1 amide bonds. The maximum atomic E-state index is 12.7. The number of ether oxygens (including phenoxy) is 1. The molecular formula is C15H24ClNO2Si. The average Bonchev–Trinajstić information content (AvgIpc) is 2.37. The Hall–Kier alpha value is -0.843. The van der Waals surface area contributed by atoms with Gasteiger partial charge in [0.1, 0.15) is 11.7 Å². The van der Waals surface area contributed by atoms with Crippen molar-refractivity contribution < 1.29 is 9.53 Å². The van der Waals surface area contributed by atoms with E-state index in [1.165, 1.54) is 0 Å². The average molecular weight is 314 g/mol. The smallest absolute Gasteiger partial charge is 0.243 e. The number of carbonyl (C=O) groups is 1. The number of halogens is 1. The van der Waals surface area contributed by atoms with Crippen molar-refractivity contribution in [2.24, 2.45) is 0 Å². The molecule has 5 heteroatoms. The van der Waals surface area contributed by atoms with Crippen LogP contribution in [0.1, 0.15) is 13.8 Å². The lowest BCUT2D eigenvalue weighted by molar-refractivity contribution is -0.118. The van der Waals surface area contributed by atoms with Crippen LogP contribution in [-0.2, 0) is 9.53 Å². The first kappa shape index (κ1) is 17.2. The van der Waals surface area contributed by atoms with Crippen molar-refractivity contribution in [3.63, 3.8) is 0 Å². The molecule has 1 unspecified atom stereocenters. The molecule has 0 spiro atoms. The van der Waals surface area contributed by atoms with E-state index in [0.29, 0.717) is 0 Å². The van der Waals surface area contributed by atoms with Gasteiger partial charge in [0.25, 0.3) is 0 Å². The van der Waals surface area contributed by atoms with Crippen LogP contribution in [0.2, 0.25) is 19.6 Å². The normalized spacial score (nSPS) is 13.3. The number of para-hydroxylation sites is 1. The Bertz CT molecular complexity index is 431. The number of nitrogens with zero attached hydrogens (tertiary/aromatic N) is 1. The molecule has 112 valence electrons. The molecule has 20 heavy (non-hydrogen) atoms. The maximum Gasteiger partial charge on any atom is 0.243 e. The molecule has 1 atom stereocenters. The van der Waals surface area contributed by atoms with E-state index in [4.69, 9.17) is 16.3 Å². The lowest BCUT2D eigenvalue weighted by Gasteiger charge is -2.30. The highest BCUT2D eigenvalue weighted by Crippen LogP contribution is 2.21. The van der Waals surface area contributed by atoms with Crippen molar-refractivity contribution in [3.05, 3.63) is 30.3 Å². The second-order valence-corrected chi connectivity index (χ2v) is 12.3. The molecule has 1 rings (SSSR count). The number of amides is 1. The number of rotatable bonds is 6. The number of benzene rings is 1. The molecule has 0 aliphatic heterocycles. The quantitative estimate of drug-likeness (QED) is 0.453. The highest BCUT2D eigenvalue weighted by molar-refractivity contribution is 6.88. The van der Waals surface area contributed by atoms with Gasteiger partial charge in [-0.25, -0.2) is 0 Å². The second kappa shape index (κ2) is 7.25. The van der Waals surface area contributed by atoms with Gasteiger partial charge in [-0.05, 0) is 26.0 Å². The summed E-state index contributed by atoms with van der Waals surface area (Å²) in [5.41, 5.74) is 0.821. The summed E-state index contributed by atoms with van der Waals surface area (Å²) in [6, 6.07) is 9.53.